The van der Waals surface area contributed by atoms with Gasteiger partial charge in [0.2, 0.25) is 0 Å². The zero-order valence-corrected chi connectivity index (χ0v) is 15.1. The first-order valence-electron chi connectivity index (χ1n) is 7.96. The molecule has 24 heavy (non-hydrogen) atoms. The Morgan fingerprint density at radius 1 is 1.12 bits per heavy atom. The van der Waals surface area contributed by atoms with Gasteiger partial charge in [-0.25, -0.2) is 4.79 Å². The zero-order chi connectivity index (χ0) is 17.7. The van der Waals surface area contributed by atoms with Gasteiger partial charge in [0.15, 0.2) is 6.23 Å². The molecule has 2 N–H and O–H groups in total. The van der Waals surface area contributed by atoms with Crippen LogP contribution < -0.4 is 15.4 Å². The number of hydrogen-bond donors (Lipinski definition) is 2. The van der Waals surface area contributed by atoms with Crippen molar-refractivity contribution in [3.8, 4) is 5.75 Å². The number of para-hydroxylation sites is 1. The summed E-state index contributed by atoms with van der Waals surface area (Å²) < 4.78 is 5.87. The maximum Gasteiger partial charge on any atom is 0.322 e. The molecule has 0 heterocycles. The normalized spacial score (nSPS) is 11.9. The standard InChI is InChI=1S/C19H23ClN2O2/c1-12(2)16-7-5-6-8-18(16)24-14(4)21-19(23)22-17-11-15(20)10-9-13(17)3/h5-12,14H,1-4H3,(H2,21,22,23). The van der Waals surface area contributed by atoms with Crippen LogP contribution in [-0.2, 0) is 0 Å². The van der Waals surface area contributed by atoms with Crippen molar-refractivity contribution < 1.29 is 9.53 Å². The van der Waals surface area contributed by atoms with Crippen LogP contribution in [0.5, 0.6) is 5.75 Å². The smallest absolute Gasteiger partial charge is 0.322 e. The second kappa shape index (κ2) is 8.06. The van der Waals surface area contributed by atoms with Gasteiger partial charge in [0.1, 0.15) is 5.75 Å². The molecule has 1 atom stereocenters. The summed E-state index contributed by atoms with van der Waals surface area (Å²) >= 11 is 5.96. The molecule has 128 valence electrons. The van der Waals surface area contributed by atoms with Crippen LogP contribution in [0.4, 0.5) is 10.5 Å². The van der Waals surface area contributed by atoms with E-state index < -0.39 is 6.23 Å². The molecule has 5 heteroatoms. The molecule has 2 aromatic rings. The van der Waals surface area contributed by atoms with Crippen molar-refractivity contribution in [3.63, 3.8) is 0 Å². The van der Waals surface area contributed by atoms with Crippen LogP contribution in [0.1, 0.15) is 37.8 Å². The molecule has 0 saturated heterocycles. The van der Waals surface area contributed by atoms with Gasteiger partial charge >= 0.3 is 6.03 Å². The molecule has 0 saturated carbocycles. The lowest BCUT2D eigenvalue weighted by atomic mass is 10.0. The van der Waals surface area contributed by atoms with Gasteiger partial charge < -0.3 is 15.4 Å². The third kappa shape index (κ3) is 4.90. The van der Waals surface area contributed by atoms with Crippen molar-refractivity contribution in [1.82, 2.24) is 5.32 Å². The number of anilines is 1. The molecule has 0 aliphatic carbocycles. The van der Waals surface area contributed by atoms with Gasteiger partial charge in [-0.1, -0.05) is 49.7 Å². The second-order valence-electron chi connectivity index (χ2n) is 6.01. The number of ether oxygens (including phenoxy) is 1. The van der Waals surface area contributed by atoms with E-state index in [1.54, 1.807) is 19.1 Å². The number of aryl methyl sites for hydroxylation is 1. The first kappa shape index (κ1) is 18.1. The molecule has 0 aromatic heterocycles. The van der Waals surface area contributed by atoms with Crippen molar-refractivity contribution in [2.24, 2.45) is 0 Å². The van der Waals surface area contributed by atoms with E-state index in [-0.39, 0.29) is 6.03 Å². The topological polar surface area (TPSA) is 50.4 Å². The summed E-state index contributed by atoms with van der Waals surface area (Å²) in [5.41, 5.74) is 2.72. The lowest BCUT2D eigenvalue weighted by Gasteiger charge is -2.20. The Labute approximate surface area is 148 Å². The minimum absolute atomic E-state index is 0.338. The first-order valence-corrected chi connectivity index (χ1v) is 8.34. The highest BCUT2D eigenvalue weighted by molar-refractivity contribution is 6.31. The van der Waals surface area contributed by atoms with Crippen molar-refractivity contribution in [2.75, 3.05) is 5.32 Å². The number of carbonyl (C=O) groups excluding carboxylic acids is 1. The maximum atomic E-state index is 12.2. The zero-order valence-electron chi connectivity index (χ0n) is 14.4. The maximum absolute atomic E-state index is 12.2. The summed E-state index contributed by atoms with van der Waals surface area (Å²) in [6, 6.07) is 12.9. The van der Waals surface area contributed by atoms with Gasteiger partial charge in [-0.15, -0.1) is 0 Å². The van der Waals surface area contributed by atoms with E-state index in [1.165, 1.54) is 0 Å². The van der Waals surface area contributed by atoms with E-state index in [2.05, 4.69) is 24.5 Å². The minimum Gasteiger partial charge on any atom is -0.471 e. The van der Waals surface area contributed by atoms with Crippen LogP contribution in [0.2, 0.25) is 5.02 Å². The van der Waals surface area contributed by atoms with Crippen LogP contribution >= 0.6 is 11.6 Å². The van der Waals surface area contributed by atoms with Gasteiger partial charge in [0.05, 0.1) is 0 Å². The Bertz CT molecular complexity index is 716. The monoisotopic (exact) mass is 346 g/mol. The summed E-state index contributed by atoms with van der Waals surface area (Å²) in [4.78, 5) is 12.2. The molecule has 0 bridgehead atoms. The van der Waals surface area contributed by atoms with Gasteiger partial charge in [0.25, 0.3) is 0 Å². The predicted molar refractivity (Wildman–Crippen MR) is 99.0 cm³/mol. The van der Waals surface area contributed by atoms with Crippen molar-refractivity contribution in [2.45, 2.75) is 39.8 Å². The molecule has 4 nitrogen and oxygen atoms in total. The molecule has 0 spiro atoms. The third-order valence-electron chi connectivity index (χ3n) is 3.63. The first-order chi connectivity index (χ1) is 11.4. The van der Waals surface area contributed by atoms with E-state index in [9.17, 15) is 4.79 Å². The van der Waals surface area contributed by atoms with Crippen LogP contribution in [0, 0.1) is 6.92 Å². The average molecular weight is 347 g/mol. The number of urea groups is 1. The molecular weight excluding hydrogens is 324 g/mol. The number of nitrogens with one attached hydrogen (secondary N) is 2. The highest BCUT2D eigenvalue weighted by Crippen LogP contribution is 2.26. The predicted octanol–water partition coefficient (Wildman–Crippen LogP) is 5.32. The van der Waals surface area contributed by atoms with E-state index >= 15 is 0 Å². The Kier molecular flexibility index (Phi) is 6.10. The van der Waals surface area contributed by atoms with E-state index in [0.717, 1.165) is 16.9 Å². The van der Waals surface area contributed by atoms with Gasteiger partial charge in [0, 0.05) is 10.7 Å². The number of hydrogen-bond acceptors (Lipinski definition) is 2. The number of amides is 2. The minimum atomic E-state index is -0.468. The highest BCUT2D eigenvalue weighted by Gasteiger charge is 2.13. The Balaban J connectivity index is 1.98. The average Bonchev–Trinajstić information content (AvgIpc) is 2.51. The molecule has 0 fully saturated rings. The molecule has 2 aromatic carbocycles. The SMILES string of the molecule is Cc1ccc(Cl)cc1NC(=O)NC(C)Oc1ccccc1C(C)C. The number of halogens is 1. The summed E-state index contributed by atoms with van der Waals surface area (Å²) in [6.45, 7) is 7.91. The number of benzene rings is 2. The molecule has 1 unspecified atom stereocenters. The molecular formula is C19H23ClN2O2. The second-order valence-corrected chi connectivity index (χ2v) is 6.45. The Morgan fingerprint density at radius 3 is 2.54 bits per heavy atom. The van der Waals surface area contributed by atoms with Gasteiger partial charge in [-0.05, 0) is 49.1 Å². The summed E-state index contributed by atoms with van der Waals surface area (Å²) in [5, 5.41) is 6.14. The van der Waals surface area contributed by atoms with Crippen LogP contribution in [0.25, 0.3) is 0 Å². The highest BCUT2D eigenvalue weighted by atomic mass is 35.5. The van der Waals surface area contributed by atoms with Gasteiger partial charge in [-0.3, -0.25) is 0 Å². The summed E-state index contributed by atoms with van der Waals surface area (Å²) in [5.74, 6) is 1.12. The van der Waals surface area contributed by atoms with Gasteiger partial charge in [-0.2, -0.15) is 0 Å². The summed E-state index contributed by atoms with van der Waals surface area (Å²) in [6.07, 6.45) is -0.468. The molecule has 0 radical (unpaired) electrons. The molecule has 0 aliphatic heterocycles. The third-order valence-corrected chi connectivity index (χ3v) is 3.86. The fourth-order valence-electron chi connectivity index (χ4n) is 2.36. The van der Waals surface area contributed by atoms with E-state index in [1.807, 2.05) is 37.3 Å². The van der Waals surface area contributed by atoms with Crippen LogP contribution in [0.15, 0.2) is 42.5 Å². The number of carbonyl (C=O) groups is 1. The van der Waals surface area contributed by atoms with E-state index in [4.69, 9.17) is 16.3 Å². The Morgan fingerprint density at radius 2 is 1.83 bits per heavy atom. The van der Waals surface area contributed by atoms with Crippen LogP contribution in [0.3, 0.4) is 0 Å². The number of rotatable bonds is 5. The van der Waals surface area contributed by atoms with Crippen molar-refractivity contribution >= 4 is 23.3 Å². The fourth-order valence-corrected chi connectivity index (χ4v) is 2.53. The fraction of sp³-hybridized carbons (Fsp3) is 0.316. The lowest BCUT2D eigenvalue weighted by molar-refractivity contribution is 0.181. The Hall–Kier alpha value is -2.20. The van der Waals surface area contributed by atoms with E-state index in [0.29, 0.717) is 16.6 Å². The summed E-state index contributed by atoms with van der Waals surface area (Å²) in [7, 11) is 0. The van der Waals surface area contributed by atoms with Crippen molar-refractivity contribution in [3.05, 3.63) is 58.6 Å². The molecule has 0 aliphatic rings. The van der Waals surface area contributed by atoms with Crippen molar-refractivity contribution in [1.29, 1.82) is 0 Å². The van der Waals surface area contributed by atoms with Crippen LogP contribution in [-0.4, -0.2) is 12.3 Å². The molecule has 2 rings (SSSR count). The lowest BCUT2D eigenvalue weighted by Crippen LogP contribution is -2.39. The largest absolute Gasteiger partial charge is 0.471 e. The quantitative estimate of drug-likeness (QED) is 0.720. The molecule has 2 amide bonds.